The average Bonchev–Trinajstić information content (AvgIpc) is 3.37. The fraction of sp³-hybridized carbons (Fsp3) is 0.286. The molecule has 5 nitrogen and oxygen atoms in total. The van der Waals surface area contributed by atoms with Crippen molar-refractivity contribution in [1.29, 1.82) is 0 Å². The van der Waals surface area contributed by atoms with Crippen molar-refractivity contribution in [3.05, 3.63) is 95.3 Å². The summed E-state index contributed by atoms with van der Waals surface area (Å²) in [5.74, 6) is 2.20. The average molecular weight is 440 g/mol. The van der Waals surface area contributed by atoms with Gasteiger partial charge in [-0.1, -0.05) is 60.7 Å². The van der Waals surface area contributed by atoms with Crippen LogP contribution in [-0.2, 0) is 17.9 Å². The van der Waals surface area contributed by atoms with Gasteiger partial charge in [-0.05, 0) is 42.7 Å². The number of aromatic nitrogens is 2. The predicted molar refractivity (Wildman–Crippen MR) is 130 cm³/mol. The van der Waals surface area contributed by atoms with Crippen LogP contribution in [0.2, 0.25) is 0 Å². The van der Waals surface area contributed by atoms with Gasteiger partial charge in [0.05, 0.1) is 17.6 Å². The molecule has 0 N–H and O–H groups in total. The highest BCUT2D eigenvalue weighted by atomic mass is 16.5. The molecule has 1 fully saturated rings. The second-order valence-corrected chi connectivity index (χ2v) is 8.84. The first kappa shape index (κ1) is 21.3. The number of imidazole rings is 1. The number of aryl methyl sites for hydroxylation is 2. The van der Waals surface area contributed by atoms with Gasteiger partial charge in [-0.3, -0.25) is 4.79 Å². The zero-order chi connectivity index (χ0) is 22.8. The van der Waals surface area contributed by atoms with Gasteiger partial charge in [0.25, 0.3) is 0 Å². The van der Waals surface area contributed by atoms with Gasteiger partial charge in [0, 0.05) is 25.4 Å². The lowest BCUT2D eigenvalue weighted by molar-refractivity contribution is -0.128. The van der Waals surface area contributed by atoms with Crippen LogP contribution in [0.3, 0.4) is 0 Å². The number of carbonyl (C=O) groups excluding carboxylic acids is 1. The van der Waals surface area contributed by atoms with Crippen molar-refractivity contribution >= 4 is 16.9 Å². The zero-order valence-corrected chi connectivity index (χ0v) is 19.2. The van der Waals surface area contributed by atoms with Crippen LogP contribution in [0.15, 0.2) is 72.8 Å². The quantitative estimate of drug-likeness (QED) is 0.395. The largest absolute Gasteiger partial charge is 0.491 e. The Bertz CT molecular complexity index is 1260. The molecular formula is C28H29N3O2. The third-order valence-corrected chi connectivity index (χ3v) is 6.45. The summed E-state index contributed by atoms with van der Waals surface area (Å²) in [7, 11) is 0. The fourth-order valence-electron chi connectivity index (χ4n) is 4.81. The second-order valence-electron chi connectivity index (χ2n) is 8.84. The van der Waals surface area contributed by atoms with E-state index in [4.69, 9.17) is 9.72 Å². The third kappa shape index (κ3) is 4.36. The molecule has 1 unspecified atom stereocenters. The van der Waals surface area contributed by atoms with Crippen molar-refractivity contribution < 1.29 is 9.53 Å². The molecule has 0 saturated carbocycles. The molecule has 0 spiro atoms. The van der Waals surface area contributed by atoms with E-state index in [1.807, 2.05) is 41.3 Å². The molecule has 2 heterocycles. The maximum atomic E-state index is 12.8. The number of rotatable bonds is 7. The van der Waals surface area contributed by atoms with Crippen LogP contribution >= 0.6 is 0 Å². The molecule has 5 rings (SSSR count). The molecule has 1 atom stereocenters. The summed E-state index contributed by atoms with van der Waals surface area (Å²) in [6.07, 6.45) is 0.494. The number of carbonyl (C=O) groups is 1. The minimum Gasteiger partial charge on any atom is -0.491 e. The molecule has 3 aromatic carbocycles. The standard InChI is InChI=1S/C28H29N3O2/c1-20-9-8-10-21(2)27(20)33-16-15-31-25-14-7-6-13-24(25)29-28(31)23-17-26(32)30(19-23)18-22-11-4-3-5-12-22/h3-14,23H,15-19H2,1-2H3. The minimum absolute atomic E-state index is 0.0776. The lowest BCUT2D eigenvalue weighted by Gasteiger charge is -2.18. The fourth-order valence-corrected chi connectivity index (χ4v) is 4.81. The summed E-state index contributed by atoms with van der Waals surface area (Å²) >= 11 is 0. The highest BCUT2D eigenvalue weighted by molar-refractivity contribution is 5.81. The molecule has 33 heavy (non-hydrogen) atoms. The van der Waals surface area contributed by atoms with Crippen molar-refractivity contribution in [3.63, 3.8) is 0 Å². The molecule has 1 aliphatic rings. The topological polar surface area (TPSA) is 47.4 Å². The van der Waals surface area contributed by atoms with Gasteiger partial charge in [0.1, 0.15) is 18.2 Å². The zero-order valence-electron chi connectivity index (χ0n) is 19.2. The molecule has 1 aliphatic heterocycles. The Labute approximate surface area is 194 Å². The third-order valence-electron chi connectivity index (χ3n) is 6.45. The summed E-state index contributed by atoms with van der Waals surface area (Å²) in [6.45, 7) is 6.72. The van der Waals surface area contributed by atoms with E-state index in [2.05, 4.69) is 54.8 Å². The first-order valence-electron chi connectivity index (χ1n) is 11.6. The van der Waals surface area contributed by atoms with Crippen LogP contribution in [0.5, 0.6) is 5.75 Å². The van der Waals surface area contributed by atoms with E-state index in [1.165, 1.54) is 0 Å². The minimum atomic E-state index is 0.0776. The number of hydrogen-bond acceptors (Lipinski definition) is 3. The van der Waals surface area contributed by atoms with Crippen molar-refractivity contribution in [2.45, 2.75) is 39.3 Å². The Balaban J connectivity index is 1.37. The Hall–Kier alpha value is -3.60. The van der Waals surface area contributed by atoms with Crippen LogP contribution < -0.4 is 4.74 Å². The number of benzene rings is 3. The number of nitrogens with zero attached hydrogens (tertiary/aromatic N) is 3. The molecule has 5 heteroatoms. The van der Waals surface area contributed by atoms with E-state index in [0.717, 1.165) is 39.3 Å². The second kappa shape index (κ2) is 9.10. The molecule has 168 valence electrons. The van der Waals surface area contributed by atoms with Crippen LogP contribution in [0.1, 0.15) is 34.9 Å². The van der Waals surface area contributed by atoms with Gasteiger partial charge < -0.3 is 14.2 Å². The number of amides is 1. The number of hydrogen-bond donors (Lipinski definition) is 0. The number of likely N-dealkylation sites (tertiary alicyclic amines) is 1. The smallest absolute Gasteiger partial charge is 0.223 e. The highest BCUT2D eigenvalue weighted by Crippen LogP contribution is 2.31. The molecule has 4 aromatic rings. The van der Waals surface area contributed by atoms with Crippen LogP contribution in [-0.4, -0.2) is 33.5 Å². The van der Waals surface area contributed by atoms with Gasteiger partial charge >= 0.3 is 0 Å². The molecule has 0 radical (unpaired) electrons. The number of para-hydroxylation sites is 3. The molecule has 0 aliphatic carbocycles. The lowest BCUT2D eigenvalue weighted by atomic mass is 10.1. The Kier molecular flexibility index (Phi) is 5.86. The van der Waals surface area contributed by atoms with Gasteiger partial charge in [-0.15, -0.1) is 0 Å². The molecule has 1 saturated heterocycles. The first-order valence-corrected chi connectivity index (χ1v) is 11.6. The predicted octanol–water partition coefficient (Wildman–Crippen LogP) is 5.25. The first-order chi connectivity index (χ1) is 16.1. The monoisotopic (exact) mass is 439 g/mol. The van der Waals surface area contributed by atoms with Gasteiger partial charge in [0.15, 0.2) is 0 Å². The molecule has 1 aromatic heterocycles. The lowest BCUT2D eigenvalue weighted by Crippen LogP contribution is -2.24. The maximum absolute atomic E-state index is 12.8. The van der Waals surface area contributed by atoms with E-state index < -0.39 is 0 Å². The van der Waals surface area contributed by atoms with E-state index in [1.54, 1.807) is 0 Å². The molecule has 0 bridgehead atoms. The van der Waals surface area contributed by atoms with E-state index in [-0.39, 0.29) is 11.8 Å². The summed E-state index contributed by atoms with van der Waals surface area (Å²) in [5, 5.41) is 0. The number of fused-ring (bicyclic) bond motifs is 1. The van der Waals surface area contributed by atoms with E-state index >= 15 is 0 Å². The molecule has 1 amide bonds. The van der Waals surface area contributed by atoms with Crippen molar-refractivity contribution in [2.24, 2.45) is 0 Å². The van der Waals surface area contributed by atoms with Gasteiger partial charge in [0.2, 0.25) is 5.91 Å². The van der Waals surface area contributed by atoms with Crippen molar-refractivity contribution in [3.8, 4) is 5.75 Å². The van der Waals surface area contributed by atoms with Crippen molar-refractivity contribution in [2.75, 3.05) is 13.2 Å². The van der Waals surface area contributed by atoms with Crippen LogP contribution in [0.4, 0.5) is 0 Å². The molecular weight excluding hydrogens is 410 g/mol. The Morgan fingerprint density at radius 2 is 1.67 bits per heavy atom. The highest BCUT2D eigenvalue weighted by Gasteiger charge is 2.34. The maximum Gasteiger partial charge on any atom is 0.223 e. The Morgan fingerprint density at radius 1 is 0.939 bits per heavy atom. The summed E-state index contributed by atoms with van der Waals surface area (Å²) in [6, 6.07) is 24.6. The Morgan fingerprint density at radius 3 is 2.45 bits per heavy atom. The van der Waals surface area contributed by atoms with E-state index in [0.29, 0.717) is 32.7 Å². The van der Waals surface area contributed by atoms with Gasteiger partial charge in [-0.25, -0.2) is 4.98 Å². The SMILES string of the molecule is Cc1cccc(C)c1OCCn1c(C2CC(=O)N(Cc3ccccc3)C2)nc2ccccc21. The van der Waals surface area contributed by atoms with Crippen LogP contribution in [0, 0.1) is 13.8 Å². The van der Waals surface area contributed by atoms with E-state index in [9.17, 15) is 4.79 Å². The van der Waals surface area contributed by atoms with Crippen molar-refractivity contribution in [1.82, 2.24) is 14.5 Å². The summed E-state index contributed by atoms with van der Waals surface area (Å²) < 4.78 is 8.45. The summed E-state index contributed by atoms with van der Waals surface area (Å²) in [5.41, 5.74) is 5.49. The normalized spacial score (nSPS) is 16.0. The van der Waals surface area contributed by atoms with Crippen LogP contribution in [0.25, 0.3) is 11.0 Å². The summed E-state index contributed by atoms with van der Waals surface area (Å²) in [4.78, 5) is 19.7. The van der Waals surface area contributed by atoms with Gasteiger partial charge in [-0.2, -0.15) is 0 Å². The number of ether oxygens (including phenoxy) is 1.